The Labute approximate surface area is 264 Å². The third-order valence-electron chi connectivity index (χ3n) is 9.24. The maximum absolute atomic E-state index is 13.8. The van der Waals surface area contributed by atoms with Crippen molar-refractivity contribution < 1.29 is 23.7 Å². The number of hydrogen-bond acceptors (Lipinski definition) is 5. The number of carbonyl (C=O) groups is 1. The number of ether oxygens (including phenoxy) is 4. The summed E-state index contributed by atoms with van der Waals surface area (Å²) < 4.78 is 25.3. The van der Waals surface area contributed by atoms with Crippen molar-refractivity contribution in [3.63, 3.8) is 0 Å². The first kappa shape index (κ1) is 29.0. The van der Waals surface area contributed by atoms with Crippen LogP contribution in [-0.4, -0.2) is 31.7 Å². The molecule has 45 heavy (non-hydrogen) atoms. The summed E-state index contributed by atoms with van der Waals surface area (Å²) in [7, 11) is 3.35. The molecule has 0 unspecified atom stereocenters. The van der Waals surface area contributed by atoms with Crippen molar-refractivity contribution in [2.75, 3.05) is 14.2 Å². The van der Waals surface area contributed by atoms with Gasteiger partial charge in [-0.3, -0.25) is 4.79 Å². The third-order valence-corrected chi connectivity index (χ3v) is 9.24. The van der Waals surface area contributed by atoms with Gasteiger partial charge in [0.15, 0.2) is 17.7 Å². The molecule has 1 saturated carbocycles. The molecule has 5 heteroatoms. The van der Waals surface area contributed by atoms with Gasteiger partial charge in [-0.2, -0.15) is 0 Å². The monoisotopic (exact) mass is 596 g/mol. The average Bonchev–Trinajstić information content (AvgIpc) is 3.58. The van der Waals surface area contributed by atoms with Gasteiger partial charge in [-0.05, 0) is 46.9 Å². The minimum atomic E-state index is -1.04. The highest BCUT2D eigenvalue weighted by atomic mass is 16.8. The summed E-state index contributed by atoms with van der Waals surface area (Å²) >= 11 is 0. The van der Waals surface area contributed by atoms with Crippen molar-refractivity contribution in [1.82, 2.24) is 0 Å². The highest BCUT2D eigenvalue weighted by molar-refractivity contribution is 5.90. The first-order chi connectivity index (χ1) is 22.1. The molecule has 5 nitrogen and oxygen atoms in total. The molecule has 1 aliphatic carbocycles. The summed E-state index contributed by atoms with van der Waals surface area (Å²) in [4.78, 5) is 13.8. The van der Waals surface area contributed by atoms with Crippen LogP contribution in [0.4, 0.5) is 0 Å². The quantitative estimate of drug-likeness (QED) is 0.214. The number of allylic oxidation sites excluding steroid dienone is 4. The molecule has 0 amide bonds. The molecule has 2 aliphatic heterocycles. The summed E-state index contributed by atoms with van der Waals surface area (Å²) in [6.07, 6.45) is 14.0. The van der Waals surface area contributed by atoms with Crippen LogP contribution in [0.3, 0.4) is 0 Å². The second-order valence-corrected chi connectivity index (χ2v) is 11.7. The van der Waals surface area contributed by atoms with E-state index in [1.54, 1.807) is 14.2 Å². The molecule has 2 bridgehead atoms. The largest absolute Gasteiger partial charge is 0.496 e. The Kier molecular flexibility index (Phi) is 7.74. The van der Waals surface area contributed by atoms with E-state index < -0.39 is 17.5 Å². The van der Waals surface area contributed by atoms with Crippen molar-refractivity contribution in [3.05, 3.63) is 143 Å². The second-order valence-electron chi connectivity index (χ2n) is 11.7. The Balaban J connectivity index is 1.35. The van der Waals surface area contributed by atoms with Gasteiger partial charge in [-0.1, -0.05) is 115 Å². The lowest BCUT2D eigenvalue weighted by Gasteiger charge is -2.32. The van der Waals surface area contributed by atoms with Gasteiger partial charge >= 0.3 is 0 Å². The molecule has 3 aliphatic rings. The van der Waals surface area contributed by atoms with Crippen LogP contribution in [0.1, 0.15) is 42.4 Å². The Morgan fingerprint density at radius 2 is 1.29 bits per heavy atom. The van der Waals surface area contributed by atoms with Crippen molar-refractivity contribution in [1.29, 1.82) is 0 Å². The normalized spacial score (nSPS) is 24.1. The molecule has 0 radical (unpaired) electrons. The number of Topliss-reactive ketones (excluding diaryl/α,β-unsaturated/α-hetero) is 1. The molecule has 226 valence electrons. The van der Waals surface area contributed by atoms with Crippen LogP contribution >= 0.6 is 0 Å². The van der Waals surface area contributed by atoms with Crippen molar-refractivity contribution >= 4 is 28.7 Å². The summed E-state index contributed by atoms with van der Waals surface area (Å²) in [6, 6.07) is 30.3. The molecule has 4 aromatic carbocycles. The van der Waals surface area contributed by atoms with Gasteiger partial charge in [0.25, 0.3) is 0 Å². The van der Waals surface area contributed by atoms with Crippen LogP contribution in [-0.2, 0) is 20.1 Å². The Hall–Kier alpha value is -4.71. The fraction of sp³-hybridized carbons (Fsp3) is 0.225. The van der Waals surface area contributed by atoms with Gasteiger partial charge in [0.05, 0.1) is 14.2 Å². The highest BCUT2D eigenvalue weighted by Gasteiger charge is 2.67. The number of ketones is 1. The van der Waals surface area contributed by atoms with E-state index in [2.05, 4.69) is 36.4 Å². The van der Waals surface area contributed by atoms with Crippen molar-refractivity contribution in [3.8, 4) is 11.5 Å². The van der Waals surface area contributed by atoms with E-state index in [1.807, 2.05) is 91.0 Å². The zero-order valence-corrected chi connectivity index (χ0v) is 25.6. The summed E-state index contributed by atoms with van der Waals surface area (Å²) in [6.45, 7) is 0. The molecule has 2 heterocycles. The lowest BCUT2D eigenvalue weighted by atomic mass is 9.83. The zero-order chi connectivity index (χ0) is 30.9. The smallest absolute Gasteiger partial charge is 0.198 e. The fourth-order valence-corrected chi connectivity index (χ4v) is 7.12. The fourth-order valence-electron chi connectivity index (χ4n) is 7.12. The van der Waals surface area contributed by atoms with Gasteiger partial charge in [-0.15, -0.1) is 0 Å². The predicted molar refractivity (Wildman–Crippen MR) is 178 cm³/mol. The molecule has 1 spiro atoms. The highest BCUT2D eigenvalue weighted by Crippen LogP contribution is 2.60. The van der Waals surface area contributed by atoms with E-state index in [-0.39, 0.29) is 5.78 Å². The van der Waals surface area contributed by atoms with Crippen LogP contribution in [0, 0.1) is 0 Å². The van der Waals surface area contributed by atoms with Crippen LogP contribution < -0.4 is 9.47 Å². The number of carbonyl (C=O) groups excluding carboxylic acids is 1. The lowest BCUT2D eigenvalue weighted by Crippen LogP contribution is -2.45. The number of benzene rings is 4. The van der Waals surface area contributed by atoms with E-state index in [0.717, 1.165) is 62.9 Å². The van der Waals surface area contributed by atoms with Crippen LogP contribution in [0.2, 0.25) is 0 Å². The first-order valence-electron chi connectivity index (χ1n) is 15.5. The maximum Gasteiger partial charge on any atom is 0.198 e. The Morgan fingerprint density at radius 1 is 0.711 bits per heavy atom. The van der Waals surface area contributed by atoms with Gasteiger partial charge in [0.1, 0.15) is 17.1 Å². The van der Waals surface area contributed by atoms with Gasteiger partial charge in [-0.25, -0.2) is 0 Å². The Morgan fingerprint density at radius 3 is 1.93 bits per heavy atom. The molecule has 0 N–H and O–H groups in total. The molecular formula is C40H36O5. The topological polar surface area (TPSA) is 54.0 Å². The molecule has 0 aromatic heterocycles. The molecule has 7 rings (SSSR count). The maximum atomic E-state index is 13.8. The van der Waals surface area contributed by atoms with Crippen LogP contribution in [0.15, 0.2) is 126 Å². The molecule has 3 fully saturated rings. The molecule has 2 saturated heterocycles. The summed E-state index contributed by atoms with van der Waals surface area (Å²) in [5.74, 6) is 0.638. The van der Waals surface area contributed by atoms with Crippen LogP contribution in [0.5, 0.6) is 11.5 Å². The number of rotatable bonds is 7. The number of para-hydroxylation sites is 2. The van der Waals surface area contributed by atoms with Gasteiger partial charge < -0.3 is 18.9 Å². The molecular weight excluding hydrogens is 560 g/mol. The van der Waals surface area contributed by atoms with E-state index in [9.17, 15) is 4.79 Å². The second kappa shape index (κ2) is 12.0. The Bertz CT molecular complexity index is 1800. The van der Waals surface area contributed by atoms with E-state index >= 15 is 0 Å². The SMILES string of the molecule is COc1ccccc1/C=C/C=C1\CC/C(=C\C=C\c2ccccc2OC)C12O[C@@]1(c3cccc4ccccc34)CCC(=O)[C@@H]2O1. The minimum absolute atomic E-state index is 0.0736. The first-order valence-corrected chi connectivity index (χ1v) is 15.5. The van der Waals surface area contributed by atoms with E-state index in [4.69, 9.17) is 18.9 Å². The van der Waals surface area contributed by atoms with E-state index in [0.29, 0.717) is 12.8 Å². The minimum Gasteiger partial charge on any atom is -0.496 e. The molecule has 4 aromatic rings. The lowest BCUT2D eigenvalue weighted by molar-refractivity contribution is -0.204. The number of fused-ring (bicyclic) bond motifs is 4. The third kappa shape index (κ3) is 5.02. The zero-order valence-electron chi connectivity index (χ0n) is 25.6. The average molecular weight is 597 g/mol. The predicted octanol–water partition coefficient (Wildman–Crippen LogP) is 8.60. The van der Waals surface area contributed by atoms with Gasteiger partial charge in [0, 0.05) is 29.5 Å². The number of methoxy groups -OCH3 is 2. The number of hydrogen-bond donors (Lipinski definition) is 0. The standard InChI is InChI=1S/C40H36O5/c1-42-36-22-7-4-13-29(36)16-9-18-31-24-25-32(19-10-17-30-14-5-8-23-37(30)43-2)40(31)38-35(41)26-27-39(44-38,45-40)34-21-11-15-28-12-3-6-20-33(28)34/h3-23,38H,24-27H2,1-2H3/b16-9+,17-10+,31-18+,32-19+/t38-,39+/m0/s1. The summed E-state index contributed by atoms with van der Waals surface area (Å²) in [5, 5.41) is 2.19. The van der Waals surface area contributed by atoms with Gasteiger partial charge in [0.2, 0.25) is 0 Å². The van der Waals surface area contributed by atoms with Crippen molar-refractivity contribution in [2.45, 2.75) is 43.2 Å². The molecule has 2 atom stereocenters. The van der Waals surface area contributed by atoms with Crippen LogP contribution in [0.25, 0.3) is 22.9 Å². The van der Waals surface area contributed by atoms with Crippen molar-refractivity contribution in [2.24, 2.45) is 0 Å². The van der Waals surface area contributed by atoms with E-state index in [1.165, 1.54) is 0 Å². The summed E-state index contributed by atoms with van der Waals surface area (Å²) in [5.41, 5.74) is 3.98.